The van der Waals surface area contributed by atoms with Crippen LogP contribution in [-0.4, -0.2) is 22.0 Å². The first-order valence-electron chi connectivity index (χ1n) is 6.13. The molecule has 0 aliphatic carbocycles. The van der Waals surface area contributed by atoms with E-state index in [1.54, 1.807) is 18.5 Å². The third-order valence-corrected chi connectivity index (χ3v) is 2.52. The van der Waals surface area contributed by atoms with Gasteiger partial charge in [-0.25, -0.2) is 4.98 Å². The second-order valence-electron chi connectivity index (χ2n) is 4.34. The minimum absolute atomic E-state index is 0.0600. The van der Waals surface area contributed by atoms with Gasteiger partial charge in [-0.3, -0.25) is 9.36 Å². The first-order valence-corrected chi connectivity index (χ1v) is 6.13. The Morgan fingerprint density at radius 2 is 2.29 bits per heavy atom. The number of imidazole rings is 1. The smallest absolute Gasteiger partial charge is 0.257 e. The second kappa shape index (κ2) is 6.89. The highest BCUT2D eigenvalue weighted by Crippen LogP contribution is 2.06. The van der Waals surface area contributed by atoms with Gasteiger partial charge < -0.3 is 5.32 Å². The quantitative estimate of drug-likeness (QED) is 0.608. The predicted molar refractivity (Wildman–Crippen MR) is 68.7 cm³/mol. The second-order valence-corrected chi connectivity index (χ2v) is 4.34. The van der Waals surface area contributed by atoms with Crippen molar-refractivity contribution in [2.45, 2.75) is 33.6 Å². The molecule has 4 nitrogen and oxygen atoms in total. The fourth-order valence-corrected chi connectivity index (χ4v) is 1.43. The molecule has 0 saturated heterocycles. The Hall–Kier alpha value is -1.58. The highest BCUT2D eigenvalue weighted by atomic mass is 16.1. The summed E-state index contributed by atoms with van der Waals surface area (Å²) in [6.07, 6.45) is 8.69. The van der Waals surface area contributed by atoms with Crippen molar-refractivity contribution < 1.29 is 4.79 Å². The maximum absolute atomic E-state index is 11.9. The number of carbonyl (C=O) groups excluding carboxylic acids is 1. The summed E-state index contributed by atoms with van der Waals surface area (Å²) >= 11 is 0. The summed E-state index contributed by atoms with van der Waals surface area (Å²) in [4.78, 5) is 15.7. The zero-order chi connectivity index (χ0) is 12.7. The lowest BCUT2D eigenvalue weighted by Crippen LogP contribution is -2.21. The predicted octanol–water partition coefficient (Wildman–Crippen LogP) is 2.45. The Balaban J connectivity index is 2.66. The molecule has 0 amide bonds. The molecule has 0 spiro atoms. The minimum atomic E-state index is -0.0600. The fraction of sp³-hybridized carbons (Fsp3) is 0.538. The summed E-state index contributed by atoms with van der Waals surface area (Å²) in [6, 6.07) is 0. The van der Waals surface area contributed by atoms with E-state index < -0.39 is 0 Å². The van der Waals surface area contributed by atoms with Crippen LogP contribution in [0.3, 0.4) is 0 Å². The molecule has 0 saturated carbocycles. The largest absolute Gasteiger partial charge is 0.388 e. The van der Waals surface area contributed by atoms with Gasteiger partial charge >= 0.3 is 0 Å². The van der Waals surface area contributed by atoms with E-state index in [1.165, 1.54) is 10.9 Å². The van der Waals surface area contributed by atoms with E-state index in [0.29, 0.717) is 5.92 Å². The molecular formula is C13H21N3O. The van der Waals surface area contributed by atoms with Crippen LogP contribution in [0.15, 0.2) is 30.5 Å². The summed E-state index contributed by atoms with van der Waals surface area (Å²) in [7, 11) is 0. The van der Waals surface area contributed by atoms with Crippen molar-refractivity contribution in [3.8, 4) is 0 Å². The van der Waals surface area contributed by atoms with Gasteiger partial charge in [0, 0.05) is 30.7 Å². The molecule has 0 aliphatic heterocycles. The molecule has 1 aromatic heterocycles. The maximum Gasteiger partial charge on any atom is 0.257 e. The monoisotopic (exact) mass is 235 g/mol. The van der Waals surface area contributed by atoms with Crippen LogP contribution in [0.1, 0.15) is 38.4 Å². The van der Waals surface area contributed by atoms with E-state index in [0.717, 1.165) is 25.1 Å². The van der Waals surface area contributed by atoms with Crippen molar-refractivity contribution >= 4 is 5.91 Å². The third-order valence-electron chi connectivity index (χ3n) is 2.52. The number of carbonyl (C=O) groups is 1. The molecule has 4 heteroatoms. The van der Waals surface area contributed by atoms with Crippen LogP contribution >= 0.6 is 0 Å². The zero-order valence-corrected chi connectivity index (χ0v) is 10.8. The van der Waals surface area contributed by atoms with Gasteiger partial charge in [0.15, 0.2) is 0 Å². The van der Waals surface area contributed by atoms with Gasteiger partial charge in [-0.15, -0.1) is 0 Å². The van der Waals surface area contributed by atoms with Crippen molar-refractivity contribution in [2.24, 2.45) is 5.92 Å². The molecule has 17 heavy (non-hydrogen) atoms. The van der Waals surface area contributed by atoms with E-state index in [9.17, 15) is 4.79 Å². The van der Waals surface area contributed by atoms with Crippen LogP contribution in [-0.2, 0) is 0 Å². The van der Waals surface area contributed by atoms with Gasteiger partial charge in [0.2, 0.25) is 0 Å². The van der Waals surface area contributed by atoms with Gasteiger partial charge in [-0.05, 0) is 12.3 Å². The first-order chi connectivity index (χ1) is 8.15. The highest BCUT2D eigenvalue weighted by molar-refractivity contribution is 5.90. The van der Waals surface area contributed by atoms with E-state index in [2.05, 4.69) is 31.1 Å². The Morgan fingerprint density at radius 1 is 1.53 bits per heavy atom. The van der Waals surface area contributed by atoms with Crippen LogP contribution in [0.2, 0.25) is 0 Å². The van der Waals surface area contributed by atoms with Crippen molar-refractivity contribution in [3.63, 3.8) is 0 Å². The van der Waals surface area contributed by atoms with Crippen LogP contribution in [0, 0.1) is 5.92 Å². The number of rotatable bonds is 6. The fourth-order valence-electron chi connectivity index (χ4n) is 1.43. The Morgan fingerprint density at radius 3 is 2.82 bits per heavy atom. The molecule has 0 aliphatic rings. The average molecular weight is 235 g/mol. The topological polar surface area (TPSA) is 46.9 Å². The van der Waals surface area contributed by atoms with Crippen molar-refractivity contribution in [1.29, 1.82) is 0 Å². The van der Waals surface area contributed by atoms with Crippen LogP contribution in [0.5, 0.6) is 0 Å². The molecule has 1 rings (SSSR count). The van der Waals surface area contributed by atoms with E-state index in [1.807, 2.05) is 0 Å². The first kappa shape index (κ1) is 13.5. The number of hydrogen-bond donors (Lipinski definition) is 1. The Bertz CT molecular complexity index is 366. The van der Waals surface area contributed by atoms with Crippen LogP contribution < -0.4 is 5.32 Å². The number of aromatic nitrogens is 2. The number of hydrogen-bond acceptors (Lipinski definition) is 3. The van der Waals surface area contributed by atoms with Crippen LogP contribution in [0.25, 0.3) is 0 Å². The summed E-state index contributed by atoms with van der Waals surface area (Å²) < 4.78 is 1.48. The number of nitrogens with one attached hydrogen (secondary N) is 1. The van der Waals surface area contributed by atoms with Gasteiger partial charge in [-0.1, -0.05) is 27.2 Å². The SMILES string of the molecule is CCCCN/C(=C\C(=O)n1ccnc1)C(C)C. The molecule has 0 fully saturated rings. The lowest BCUT2D eigenvalue weighted by atomic mass is 10.1. The zero-order valence-electron chi connectivity index (χ0n) is 10.8. The maximum atomic E-state index is 11.9. The van der Waals surface area contributed by atoms with Crippen LogP contribution in [0.4, 0.5) is 0 Å². The van der Waals surface area contributed by atoms with Crippen molar-refractivity contribution in [3.05, 3.63) is 30.5 Å². The summed E-state index contributed by atoms with van der Waals surface area (Å²) in [5.41, 5.74) is 0.983. The molecule has 0 aromatic carbocycles. The van der Waals surface area contributed by atoms with Gasteiger partial charge in [0.25, 0.3) is 5.91 Å². The molecule has 0 unspecified atom stereocenters. The molecule has 94 valence electrons. The number of allylic oxidation sites excluding steroid dienone is 2. The third kappa shape index (κ3) is 4.43. The van der Waals surface area contributed by atoms with Gasteiger partial charge in [0.05, 0.1) is 0 Å². The van der Waals surface area contributed by atoms with Gasteiger partial charge in [0.1, 0.15) is 6.33 Å². The number of nitrogens with zero attached hydrogens (tertiary/aromatic N) is 2. The summed E-state index contributed by atoms with van der Waals surface area (Å²) in [5, 5.41) is 3.32. The van der Waals surface area contributed by atoms with Crippen molar-refractivity contribution in [1.82, 2.24) is 14.9 Å². The standard InChI is InChI=1S/C13H21N3O/c1-4-5-6-15-12(11(2)3)9-13(17)16-8-7-14-10-16/h7-11,15H,4-6H2,1-3H3/b12-9-. The molecule has 1 heterocycles. The summed E-state index contributed by atoms with van der Waals surface area (Å²) in [6.45, 7) is 7.22. The highest BCUT2D eigenvalue weighted by Gasteiger charge is 2.06. The lowest BCUT2D eigenvalue weighted by molar-refractivity contribution is 0.0966. The molecule has 0 bridgehead atoms. The van der Waals surface area contributed by atoms with Crippen molar-refractivity contribution in [2.75, 3.05) is 6.54 Å². The Labute approximate surface area is 103 Å². The summed E-state index contributed by atoms with van der Waals surface area (Å²) in [5.74, 6) is 0.259. The lowest BCUT2D eigenvalue weighted by Gasteiger charge is -2.13. The molecule has 0 atom stereocenters. The normalized spacial score (nSPS) is 11.9. The van der Waals surface area contributed by atoms with E-state index in [-0.39, 0.29) is 5.91 Å². The Kier molecular flexibility index (Phi) is 5.46. The molecule has 1 aromatic rings. The molecule has 1 N–H and O–H groups in total. The number of unbranched alkanes of at least 4 members (excludes halogenated alkanes) is 1. The van der Waals surface area contributed by atoms with Gasteiger partial charge in [-0.2, -0.15) is 0 Å². The van der Waals surface area contributed by atoms with E-state index >= 15 is 0 Å². The molecular weight excluding hydrogens is 214 g/mol. The van der Waals surface area contributed by atoms with E-state index in [4.69, 9.17) is 0 Å². The minimum Gasteiger partial charge on any atom is -0.388 e. The molecule has 0 radical (unpaired) electrons. The average Bonchev–Trinajstić information content (AvgIpc) is 2.81.